The van der Waals surface area contributed by atoms with Gasteiger partial charge in [-0.15, -0.1) is 0 Å². The van der Waals surface area contributed by atoms with Crippen LogP contribution in [-0.4, -0.2) is 131 Å². The van der Waals surface area contributed by atoms with E-state index in [4.69, 9.17) is 19.3 Å². The summed E-state index contributed by atoms with van der Waals surface area (Å²) in [6, 6.07) is 8.91. The van der Waals surface area contributed by atoms with Crippen molar-refractivity contribution in [1.29, 1.82) is 0 Å². The zero-order chi connectivity index (χ0) is 63.4. The number of fused-ring (bicyclic) bond motifs is 2. The number of aromatic amines is 1. The molecule has 35 heteroatoms. The van der Waals surface area contributed by atoms with Crippen molar-refractivity contribution in [3.8, 4) is 11.8 Å². The molecule has 0 radical (unpaired) electrons. The summed E-state index contributed by atoms with van der Waals surface area (Å²) in [6.07, 6.45) is 6.64. The molecule has 0 aliphatic carbocycles. The molecule has 1 fully saturated rings. The number of carbonyl (C=O) groups is 2. The molecule has 0 saturated carbocycles. The number of rotatable bonds is 31. The van der Waals surface area contributed by atoms with Crippen molar-refractivity contribution >= 4 is 92.1 Å². The minimum absolute atomic E-state index is 0.118. The second-order valence-electron chi connectivity index (χ2n) is 20.4. The summed E-state index contributed by atoms with van der Waals surface area (Å²) in [5.41, 5.74) is 1.28. The van der Waals surface area contributed by atoms with Gasteiger partial charge in [-0.2, -0.15) is 13.0 Å². The Labute approximate surface area is 503 Å². The number of hydrogen-bond acceptors (Lipinski definition) is 24. The number of nitrogens with one attached hydrogen (secondary N) is 3. The van der Waals surface area contributed by atoms with Crippen molar-refractivity contribution in [2.45, 2.75) is 112 Å². The third kappa shape index (κ3) is 15.8. The van der Waals surface area contributed by atoms with Crippen molar-refractivity contribution in [2.24, 2.45) is 0 Å². The van der Waals surface area contributed by atoms with Crippen molar-refractivity contribution in [2.75, 3.05) is 55.8 Å². The molecule has 6 rings (SSSR count). The summed E-state index contributed by atoms with van der Waals surface area (Å²) in [7, 11) is -15.3. The van der Waals surface area contributed by atoms with Crippen LogP contribution in [0, 0.1) is 11.8 Å². The van der Waals surface area contributed by atoms with E-state index in [-0.39, 0.29) is 59.6 Å². The first kappa shape index (κ1) is 69.8. The van der Waals surface area contributed by atoms with Crippen LogP contribution in [0.25, 0.3) is 0 Å². The number of allylic oxidation sites excluding steroid dienone is 4. The van der Waals surface area contributed by atoms with Crippen LogP contribution >= 0.6 is 43.0 Å². The molecule has 28 nitrogen and oxygen atoms in total. The van der Waals surface area contributed by atoms with Gasteiger partial charge in [-0.05, 0) is 75.6 Å². The van der Waals surface area contributed by atoms with Gasteiger partial charge in [-0.25, -0.2) is 8.42 Å². The van der Waals surface area contributed by atoms with Crippen LogP contribution in [0.1, 0.15) is 96.1 Å². The van der Waals surface area contributed by atoms with Gasteiger partial charge >= 0.3 is 195 Å². The summed E-state index contributed by atoms with van der Waals surface area (Å²) in [4.78, 5) is 54.5. The van der Waals surface area contributed by atoms with Gasteiger partial charge in [-0.1, -0.05) is 41.5 Å². The molecular weight excluding hydrogens is 1270 g/mol. The van der Waals surface area contributed by atoms with Crippen LogP contribution < -0.4 is 26.8 Å². The van der Waals surface area contributed by atoms with E-state index in [0.717, 1.165) is 39.1 Å². The molecule has 86 heavy (non-hydrogen) atoms. The van der Waals surface area contributed by atoms with Gasteiger partial charge in [0, 0.05) is 78.4 Å². The van der Waals surface area contributed by atoms with E-state index in [2.05, 4.69) is 57.9 Å². The summed E-state index contributed by atoms with van der Waals surface area (Å²) in [5, 5.41) is 26.9. The van der Waals surface area contributed by atoms with Crippen LogP contribution in [-0.2, 0) is 87.3 Å². The molecule has 3 aliphatic heterocycles. The number of aromatic nitrogens is 2. The average Bonchev–Trinajstić information content (AvgIpc) is 1.31. The molecule has 3 atom stereocenters. The summed E-state index contributed by atoms with van der Waals surface area (Å²) in [5.74, 6) is 5.71. The molecule has 1 aromatic heterocycles. The number of hydrogen-bond donors (Lipinski definition) is 6. The maximum absolute atomic E-state index is 12.9. The number of amides is 2. The zero-order valence-corrected chi connectivity index (χ0v) is 53.1. The Balaban J connectivity index is 0.943. The van der Waals surface area contributed by atoms with Gasteiger partial charge in [0.25, 0.3) is 10.1 Å². The van der Waals surface area contributed by atoms with E-state index in [1.54, 1.807) is 12.1 Å². The van der Waals surface area contributed by atoms with Crippen molar-refractivity contribution < 1.29 is 97.3 Å². The fourth-order valence-corrected chi connectivity index (χ4v) is 17.2. The number of anilines is 1. The third-order valence-electron chi connectivity index (χ3n) is 14.2. The van der Waals surface area contributed by atoms with Crippen LogP contribution in [0.2, 0.25) is 0 Å². The maximum atomic E-state index is 12.9. The van der Waals surface area contributed by atoms with Crippen molar-refractivity contribution in [3.63, 3.8) is 0 Å². The number of benzene rings is 2. The molecular formula is C51H65N6O22P3S4. The van der Waals surface area contributed by atoms with Gasteiger partial charge in [0.05, 0.1) is 15.2 Å². The molecule has 470 valence electrons. The Morgan fingerprint density at radius 3 is 2.30 bits per heavy atom. The summed E-state index contributed by atoms with van der Waals surface area (Å²) < 4.78 is 145. The first-order valence-electron chi connectivity index (χ1n) is 26.4. The monoisotopic (exact) mass is 1330 g/mol. The topological polar surface area (TPSA) is 395 Å². The Hall–Kier alpha value is -5.26. The predicted molar refractivity (Wildman–Crippen MR) is 315 cm³/mol. The van der Waals surface area contributed by atoms with Crippen LogP contribution in [0.3, 0.4) is 0 Å². The number of carbonyl (C=O) groups excluding carboxylic acids is 2. The Bertz CT molecular complexity index is 3720. The molecule has 2 amide bonds. The minimum atomic E-state index is -6.68. The third-order valence-corrected chi connectivity index (χ3v) is 28.0. The molecule has 0 bridgehead atoms. The van der Waals surface area contributed by atoms with Gasteiger partial charge in [-0.3, -0.25) is 14.1 Å². The second kappa shape index (κ2) is 29.4. The standard InChI is InChI=1S/C51H65N6O22P3S4/c1-7-26-74-41-31-47(76-42(41)33-75-82(78-63,79-77-62,80(64)65)81(66)67)57-32-34(48(60)54-49(57)61)14-13-23-52-46(59)22-27-83-84-28-24-53-45(58)17-10-9-11-25-56-40-21-19-36(86(71,72)73)30-38(40)51(5,6)44(56)16-12-15-43-50(3,4)37-29-35(85(68,69)70)18-20-39(37)55(43)8-2/h7,12,15-16,18-21,29-30,32,41-42,47H,1,8-11,17,22-28,31,33H2,2-6H3,(H6-,52,53,54,58,59,60,61,62,63,68,69,70,71,72,73). The van der Waals surface area contributed by atoms with E-state index in [1.165, 1.54) is 51.9 Å². The molecule has 3 aliphatic rings. The number of likely N-dealkylation sites (N-methyl/N-ethyl adjacent to an activating group) is 1. The molecule has 0 spiro atoms. The quantitative estimate of drug-likeness (QED) is 0.00427. The Morgan fingerprint density at radius 2 is 1.65 bits per heavy atom. The first-order chi connectivity index (χ1) is 40.5. The van der Waals surface area contributed by atoms with Crippen molar-refractivity contribution in [1.82, 2.24) is 20.2 Å². The average molecular weight is 1340 g/mol. The fraction of sp³-hybridized carbons (Fsp3) is 0.471. The predicted octanol–water partition coefficient (Wildman–Crippen LogP) is 7.20. The van der Waals surface area contributed by atoms with E-state index in [0.29, 0.717) is 56.0 Å². The molecule has 4 heterocycles. The molecule has 6 N–H and O–H groups in total. The molecule has 2 aromatic carbocycles. The van der Waals surface area contributed by atoms with Gasteiger partial charge in [0.2, 0.25) is 17.5 Å². The van der Waals surface area contributed by atoms with Crippen LogP contribution in [0.5, 0.6) is 0 Å². The fourth-order valence-electron chi connectivity index (χ4n) is 9.87. The Morgan fingerprint density at radius 1 is 0.965 bits per heavy atom. The van der Waals surface area contributed by atoms with Crippen LogP contribution in [0.4, 0.5) is 11.4 Å². The molecule has 1 saturated heterocycles. The number of H-pyrrole nitrogens is 1. The van der Waals surface area contributed by atoms with E-state index in [1.807, 2.05) is 52.8 Å². The van der Waals surface area contributed by atoms with E-state index >= 15 is 0 Å². The van der Waals surface area contributed by atoms with Gasteiger partial charge in [0.1, 0.15) is 16.7 Å². The number of ether oxygens (including phenoxy) is 2. The van der Waals surface area contributed by atoms with Crippen LogP contribution in [0.15, 0.2) is 98.6 Å². The van der Waals surface area contributed by atoms with Gasteiger partial charge < -0.3 is 14.8 Å². The normalized spacial score (nSPS) is 18.9. The first-order valence-corrected chi connectivity index (χ1v) is 37.4. The van der Waals surface area contributed by atoms with E-state index in [9.17, 15) is 68.6 Å². The SMILES string of the molecule is C=CCOC1CC(n2cc(C#CCNC(=O)CCSSCCNC(=O)CCCCC[N+]3=C(/C=C/C=C4/N(CC)c5ccc(S(=O)(=O)O)cc5C4(C)C)C(C)(C)c4cc(S(=O)(=O)[O-])ccc43)c(=O)[nH]c2=O)OC1COP(OO)(OOO)(P(=O)=O)P(=O)=O. The molecule has 3 unspecified atom stereocenters. The number of unbranched alkanes of at least 4 members (excludes halogenated alkanes) is 2. The van der Waals surface area contributed by atoms with Gasteiger partial charge in [0.15, 0.2) is 5.71 Å². The summed E-state index contributed by atoms with van der Waals surface area (Å²) in [6.45, 7) is 6.80. The number of nitrogens with zero attached hydrogens (tertiary/aromatic N) is 3. The second-order valence-corrected chi connectivity index (χ2v) is 36.1. The molecule has 3 aromatic rings. The van der Waals surface area contributed by atoms with E-state index < -0.39 is 88.8 Å². The summed E-state index contributed by atoms with van der Waals surface area (Å²) >= 11 is 0. The Kier molecular flexibility index (Phi) is 23.9. The zero-order valence-electron chi connectivity index (χ0n) is 47.1. The van der Waals surface area contributed by atoms with Crippen molar-refractivity contribution in [3.05, 3.63) is 117 Å².